The first-order valence-corrected chi connectivity index (χ1v) is 7.41. The van der Waals surface area contributed by atoms with Crippen molar-refractivity contribution in [2.24, 2.45) is 0 Å². The molecule has 0 bridgehead atoms. The molecule has 1 heterocycles. The molecule has 0 saturated heterocycles. The number of benzene rings is 1. The van der Waals surface area contributed by atoms with Crippen LogP contribution in [0.1, 0.15) is 17.7 Å². The molecule has 0 fully saturated rings. The van der Waals surface area contributed by atoms with Crippen molar-refractivity contribution in [3.8, 4) is 6.07 Å². The largest absolute Gasteiger partial charge is 0.396 e. The van der Waals surface area contributed by atoms with E-state index in [-0.39, 0.29) is 12.3 Å². The Morgan fingerprint density at radius 3 is 2.59 bits per heavy atom. The molecule has 0 atom stereocenters. The average Bonchev–Trinajstić information content (AvgIpc) is 2.55. The lowest BCUT2D eigenvalue weighted by atomic mass is 10.2. The predicted octanol–water partition coefficient (Wildman–Crippen LogP) is 3.04. The number of aromatic nitrogens is 2. The van der Waals surface area contributed by atoms with E-state index >= 15 is 0 Å². The smallest absolute Gasteiger partial charge is 0.158 e. The third kappa shape index (κ3) is 4.31. The van der Waals surface area contributed by atoms with Crippen LogP contribution < -0.4 is 4.90 Å². The quantitative estimate of drug-likeness (QED) is 0.877. The lowest BCUT2D eigenvalue weighted by Gasteiger charge is -2.23. The van der Waals surface area contributed by atoms with Crippen LogP contribution >= 0.6 is 23.2 Å². The van der Waals surface area contributed by atoms with Gasteiger partial charge in [-0.05, 0) is 24.1 Å². The van der Waals surface area contributed by atoms with E-state index < -0.39 is 0 Å². The monoisotopic (exact) mass is 336 g/mol. The van der Waals surface area contributed by atoms with Gasteiger partial charge in [-0.25, -0.2) is 9.97 Å². The van der Waals surface area contributed by atoms with Gasteiger partial charge >= 0.3 is 0 Å². The molecule has 5 nitrogen and oxygen atoms in total. The molecule has 2 aromatic rings. The van der Waals surface area contributed by atoms with Gasteiger partial charge in [-0.15, -0.1) is 0 Å². The predicted molar refractivity (Wildman–Crippen MR) is 86.0 cm³/mol. The number of nitriles is 1. The van der Waals surface area contributed by atoms with Crippen molar-refractivity contribution in [1.29, 1.82) is 5.26 Å². The van der Waals surface area contributed by atoms with E-state index in [2.05, 4.69) is 9.97 Å². The molecule has 1 aromatic heterocycles. The Labute approximate surface area is 138 Å². The third-order valence-corrected chi connectivity index (χ3v) is 3.76. The van der Waals surface area contributed by atoms with Gasteiger partial charge in [0.1, 0.15) is 11.9 Å². The van der Waals surface area contributed by atoms with Crippen LogP contribution in [0.3, 0.4) is 0 Å². The van der Waals surface area contributed by atoms with E-state index in [1.165, 1.54) is 6.20 Å². The minimum Gasteiger partial charge on any atom is -0.396 e. The number of anilines is 1. The summed E-state index contributed by atoms with van der Waals surface area (Å²) in [5, 5.41) is 18.8. The molecule has 114 valence electrons. The summed E-state index contributed by atoms with van der Waals surface area (Å²) in [5.74, 6) is 0.638. The van der Waals surface area contributed by atoms with E-state index in [9.17, 15) is 0 Å². The van der Waals surface area contributed by atoms with Gasteiger partial charge in [0, 0.05) is 19.7 Å². The molecule has 2 rings (SSSR count). The number of rotatable bonds is 6. The molecule has 0 aliphatic heterocycles. The maximum absolute atomic E-state index is 9.05. The Balaban J connectivity index is 2.21. The molecule has 0 aliphatic rings. The van der Waals surface area contributed by atoms with Crippen LogP contribution in [0.5, 0.6) is 0 Å². The Bertz CT molecular complexity index is 670. The summed E-state index contributed by atoms with van der Waals surface area (Å²) in [6.45, 7) is 1.25. The van der Waals surface area contributed by atoms with E-state index in [0.717, 1.165) is 5.56 Å². The molecular formula is C15H14Cl2N4O. The summed E-state index contributed by atoms with van der Waals surface area (Å²) < 4.78 is 0. The zero-order valence-electron chi connectivity index (χ0n) is 11.7. The standard InChI is InChI=1S/C15H14Cl2N4O/c16-13-3-2-11(6-14(13)17)10-21(4-1-5-22)15-9-19-12(7-18)8-20-15/h2-3,6,8-9,22H,1,4-5,10H2. The van der Waals surface area contributed by atoms with Crippen LogP contribution in [-0.4, -0.2) is 28.2 Å². The SMILES string of the molecule is N#Cc1cnc(N(CCCO)Cc2ccc(Cl)c(Cl)c2)cn1. The molecule has 0 unspecified atom stereocenters. The van der Waals surface area contributed by atoms with Crippen LogP contribution in [-0.2, 0) is 6.54 Å². The number of aliphatic hydroxyl groups excluding tert-OH is 1. The minimum atomic E-state index is 0.0849. The summed E-state index contributed by atoms with van der Waals surface area (Å²) in [4.78, 5) is 10.2. The lowest BCUT2D eigenvalue weighted by Crippen LogP contribution is -2.25. The summed E-state index contributed by atoms with van der Waals surface area (Å²) in [6.07, 6.45) is 3.58. The van der Waals surface area contributed by atoms with Gasteiger partial charge in [-0.1, -0.05) is 29.3 Å². The fourth-order valence-corrected chi connectivity index (χ4v) is 2.26. The first kappa shape index (κ1) is 16.5. The highest BCUT2D eigenvalue weighted by atomic mass is 35.5. The normalized spacial score (nSPS) is 10.3. The van der Waals surface area contributed by atoms with Crippen LogP contribution in [0.15, 0.2) is 30.6 Å². The maximum Gasteiger partial charge on any atom is 0.158 e. The molecule has 22 heavy (non-hydrogen) atoms. The Hall–Kier alpha value is -1.87. The van der Waals surface area contributed by atoms with Gasteiger partial charge in [0.05, 0.1) is 22.4 Å². The van der Waals surface area contributed by atoms with Crippen LogP contribution in [0, 0.1) is 11.3 Å². The molecule has 7 heteroatoms. The summed E-state index contributed by atoms with van der Waals surface area (Å²) in [6, 6.07) is 7.36. The Morgan fingerprint density at radius 1 is 1.18 bits per heavy atom. The molecule has 1 N–H and O–H groups in total. The van der Waals surface area contributed by atoms with Crippen LogP contribution in [0.2, 0.25) is 10.0 Å². The highest BCUT2D eigenvalue weighted by Crippen LogP contribution is 2.24. The molecule has 0 amide bonds. The first-order chi connectivity index (χ1) is 10.6. The molecular weight excluding hydrogens is 323 g/mol. The van der Waals surface area contributed by atoms with E-state index in [1.54, 1.807) is 18.3 Å². The van der Waals surface area contributed by atoms with Gasteiger partial charge in [0.2, 0.25) is 0 Å². The van der Waals surface area contributed by atoms with Gasteiger partial charge in [0.15, 0.2) is 5.69 Å². The van der Waals surface area contributed by atoms with Crippen molar-refractivity contribution in [2.45, 2.75) is 13.0 Å². The van der Waals surface area contributed by atoms with Crippen LogP contribution in [0.4, 0.5) is 5.82 Å². The van der Waals surface area contributed by atoms with Crippen molar-refractivity contribution in [2.75, 3.05) is 18.1 Å². The fraction of sp³-hybridized carbons (Fsp3) is 0.267. The second kappa shape index (κ2) is 7.95. The topological polar surface area (TPSA) is 73.0 Å². The second-order valence-electron chi connectivity index (χ2n) is 4.62. The second-order valence-corrected chi connectivity index (χ2v) is 5.43. The number of nitrogens with zero attached hydrogens (tertiary/aromatic N) is 4. The van der Waals surface area contributed by atoms with Crippen molar-refractivity contribution in [3.63, 3.8) is 0 Å². The minimum absolute atomic E-state index is 0.0849. The van der Waals surface area contributed by atoms with Crippen molar-refractivity contribution >= 4 is 29.0 Å². The zero-order chi connectivity index (χ0) is 15.9. The molecule has 0 spiro atoms. The van der Waals surface area contributed by atoms with Crippen molar-refractivity contribution in [3.05, 3.63) is 51.9 Å². The number of hydrogen-bond donors (Lipinski definition) is 1. The van der Waals surface area contributed by atoms with Gasteiger partial charge in [-0.3, -0.25) is 0 Å². The molecule has 1 aromatic carbocycles. The number of aliphatic hydroxyl groups is 1. The third-order valence-electron chi connectivity index (χ3n) is 3.02. The molecule has 0 radical (unpaired) electrons. The number of hydrogen-bond acceptors (Lipinski definition) is 5. The first-order valence-electron chi connectivity index (χ1n) is 6.66. The summed E-state index contributed by atoms with van der Waals surface area (Å²) in [5.41, 5.74) is 1.24. The number of halogens is 2. The average molecular weight is 337 g/mol. The highest BCUT2D eigenvalue weighted by Gasteiger charge is 2.10. The Kier molecular flexibility index (Phi) is 5.96. The van der Waals surface area contributed by atoms with Gasteiger partial charge < -0.3 is 10.0 Å². The fourth-order valence-electron chi connectivity index (χ4n) is 1.94. The van der Waals surface area contributed by atoms with E-state index in [0.29, 0.717) is 35.4 Å². The molecule has 0 saturated carbocycles. The lowest BCUT2D eigenvalue weighted by molar-refractivity contribution is 0.289. The molecule has 0 aliphatic carbocycles. The van der Waals surface area contributed by atoms with Crippen LogP contribution in [0.25, 0.3) is 0 Å². The zero-order valence-corrected chi connectivity index (χ0v) is 13.2. The van der Waals surface area contributed by atoms with Crippen molar-refractivity contribution in [1.82, 2.24) is 9.97 Å². The van der Waals surface area contributed by atoms with Gasteiger partial charge in [0.25, 0.3) is 0 Å². The summed E-state index contributed by atoms with van der Waals surface area (Å²) in [7, 11) is 0. The summed E-state index contributed by atoms with van der Waals surface area (Å²) >= 11 is 12.0. The Morgan fingerprint density at radius 2 is 2.00 bits per heavy atom. The van der Waals surface area contributed by atoms with Crippen molar-refractivity contribution < 1.29 is 5.11 Å². The van der Waals surface area contributed by atoms with Gasteiger partial charge in [-0.2, -0.15) is 5.26 Å². The highest BCUT2D eigenvalue weighted by molar-refractivity contribution is 6.42. The van der Waals surface area contributed by atoms with E-state index in [4.69, 9.17) is 33.6 Å². The maximum atomic E-state index is 9.05. The van der Waals surface area contributed by atoms with E-state index in [1.807, 2.05) is 17.0 Å².